The number of rotatable bonds is 4. The van der Waals surface area contributed by atoms with Crippen molar-refractivity contribution in [2.45, 2.75) is 19.4 Å². The van der Waals surface area contributed by atoms with E-state index in [0.29, 0.717) is 26.1 Å². The van der Waals surface area contributed by atoms with Crippen LogP contribution in [0.4, 0.5) is 5.69 Å². The van der Waals surface area contributed by atoms with Gasteiger partial charge in [0.1, 0.15) is 12.4 Å². The van der Waals surface area contributed by atoms with Gasteiger partial charge in [0.25, 0.3) is 0 Å². The number of anilines is 1. The van der Waals surface area contributed by atoms with Crippen LogP contribution in [-0.2, 0) is 17.8 Å². The Morgan fingerprint density at radius 3 is 2.93 bits per heavy atom. The molecule has 0 atom stereocenters. The van der Waals surface area contributed by atoms with Crippen molar-refractivity contribution in [3.05, 3.63) is 59.8 Å². The lowest BCUT2D eigenvalue weighted by Crippen LogP contribution is -2.32. The SMILES string of the molecule is CN(C)c1ccc2c(c1)CN(C(=O)CCc1c[nH]c3ccccc13)CCO2. The minimum atomic E-state index is 0.173. The predicted octanol–water partition coefficient (Wildman–Crippen LogP) is 3.59. The van der Waals surface area contributed by atoms with Gasteiger partial charge < -0.3 is 19.5 Å². The van der Waals surface area contributed by atoms with Gasteiger partial charge in [0, 0.05) is 55.4 Å². The summed E-state index contributed by atoms with van der Waals surface area (Å²) in [6.07, 6.45) is 3.26. The first kappa shape index (κ1) is 17.5. The van der Waals surface area contributed by atoms with Gasteiger partial charge in [-0.1, -0.05) is 18.2 Å². The van der Waals surface area contributed by atoms with Crippen LogP contribution in [0.15, 0.2) is 48.7 Å². The Labute approximate surface area is 159 Å². The smallest absolute Gasteiger partial charge is 0.223 e. The van der Waals surface area contributed by atoms with Crippen molar-refractivity contribution >= 4 is 22.5 Å². The number of ether oxygens (including phenoxy) is 1. The van der Waals surface area contributed by atoms with Gasteiger partial charge in [0.2, 0.25) is 5.91 Å². The first-order chi connectivity index (χ1) is 13.1. The highest BCUT2D eigenvalue weighted by Gasteiger charge is 2.20. The van der Waals surface area contributed by atoms with E-state index in [1.165, 1.54) is 10.9 Å². The van der Waals surface area contributed by atoms with Crippen LogP contribution >= 0.6 is 0 Å². The molecule has 2 aromatic carbocycles. The van der Waals surface area contributed by atoms with Gasteiger partial charge in [-0.3, -0.25) is 4.79 Å². The van der Waals surface area contributed by atoms with Gasteiger partial charge in [0.05, 0.1) is 6.54 Å². The van der Waals surface area contributed by atoms with Crippen molar-refractivity contribution in [1.82, 2.24) is 9.88 Å². The first-order valence-electron chi connectivity index (χ1n) is 9.37. The maximum Gasteiger partial charge on any atom is 0.223 e. The van der Waals surface area contributed by atoms with Gasteiger partial charge in [0.15, 0.2) is 0 Å². The Balaban J connectivity index is 1.46. The van der Waals surface area contributed by atoms with Gasteiger partial charge in [-0.25, -0.2) is 0 Å². The molecule has 4 rings (SSSR count). The number of aryl methyl sites for hydroxylation is 1. The zero-order valence-electron chi connectivity index (χ0n) is 15.9. The standard InChI is InChI=1S/C22H25N3O2/c1-24(2)18-8-9-21-17(13-18)15-25(11-12-27-21)22(26)10-7-16-14-23-20-6-4-3-5-19(16)20/h3-6,8-9,13-14,23H,7,10-12,15H2,1-2H3. The van der Waals surface area contributed by atoms with Crippen LogP contribution in [0.2, 0.25) is 0 Å². The number of para-hydroxylation sites is 1. The van der Waals surface area contributed by atoms with Gasteiger partial charge in [-0.2, -0.15) is 0 Å². The Bertz CT molecular complexity index is 961. The number of aromatic nitrogens is 1. The normalized spacial score (nSPS) is 13.8. The summed E-state index contributed by atoms with van der Waals surface area (Å²) in [7, 11) is 4.03. The molecule has 1 N–H and O–H groups in total. The van der Waals surface area contributed by atoms with Crippen molar-refractivity contribution in [3.8, 4) is 5.75 Å². The van der Waals surface area contributed by atoms with Crippen molar-refractivity contribution in [1.29, 1.82) is 0 Å². The Morgan fingerprint density at radius 1 is 1.22 bits per heavy atom. The second-order valence-corrected chi connectivity index (χ2v) is 7.21. The summed E-state index contributed by atoms with van der Waals surface area (Å²) in [5.74, 6) is 1.06. The Morgan fingerprint density at radius 2 is 2.07 bits per heavy atom. The molecule has 140 valence electrons. The highest BCUT2D eigenvalue weighted by atomic mass is 16.5. The number of carbonyl (C=O) groups is 1. The molecule has 0 saturated carbocycles. The molecule has 0 fully saturated rings. The van der Waals surface area contributed by atoms with Crippen molar-refractivity contribution < 1.29 is 9.53 Å². The van der Waals surface area contributed by atoms with E-state index in [1.54, 1.807) is 0 Å². The van der Waals surface area contributed by atoms with Gasteiger partial charge >= 0.3 is 0 Å². The molecule has 1 aliphatic rings. The van der Waals surface area contributed by atoms with Gasteiger partial charge in [-0.15, -0.1) is 0 Å². The van der Waals surface area contributed by atoms with E-state index in [0.717, 1.165) is 28.9 Å². The van der Waals surface area contributed by atoms with E-state index in [2.05, 4.69) is 28.1 Å². The van der Waals surface area contributed by atoms with Crippen molar-refractivity contribution in [3.63, 3.8) is 0 Å². The van der Waals surface area contributed by atoms with Crippen molar-refractivity contribution in [2.24, 2.45) is 0 Å². The topological polar surface area (TPSA) is 48.6 Å². The molecule has 0 radical (unpaired) electrons. The minimum absolute atomic E-state index is 0.173. The highest BCUT2D eigenvalue weighted by molar-refractivity contribution is 5.84. The third kappa shape index (κ3) is 3.63. The summed E-state index contributed by atoms with van der Waals surface area (Å²) in [5, 5.41) is 1.20. The number of nitrogens with zero attached hydrogens (tertiary/aromatic N) is 2. The molecule has 3 aromatic rings. The summed E-state index contributed by atoms with van der Waals surface area (Å²) < 4.78 is 5.85. The van der Waals surface area contributed by atoms with Crippen LogP contribution in [0.5, 0.6) is 5.75 Å². The van der Waals surface area contributed by atoms with E-state index in [-0.39, 0.29) is 5.91 Å². The summed E-state index contributed by atoms with van der Waals surface area (Å²) in [6.45, 7) is 1.76. The number of H-pyrrole nitrogens is 1. The summed E-state index contributed by atoms with van der Waals surface area (Å²) in [4.78, 5) is 20.1. The fourth-order valence-corrected chi connectivity index (χ4v) is 3.61. The third-order valence-corrected chi connectivity index (χ3v) is 5.18. The van der Waals surface area contributed by atoms with Crippen molar-refractivity contribution in [2.75, 3.05) is 32.1 Å². The predicted molar refractivity (Wildman–Crippen MR) is 108 cm³/mol. The van der Waals surface area contributed by atoms with E-state index < -0.39 is 0 Å². The van der Waals surface area contributed by atoms with E-state index in [4.69, 9.17) is 4.74 Å². The number of carbonyl (C=O) groups excluding carboxylic acids is 1. The molecule has 0 bridgehead atoms. The molecule has 2 heterocycles. The monoisotopic (exact) mass is 363 g/mol. The molecule has 1 aliphatic heterocycles. The van der Waals surface area contributed by atoms with Crippen LogP contribution < -0.4 is 9.64 Å². The molecule has 5 nitrogen and oxygen atoms in total. The fourth-order valence-electron chi connectivity index (χ4n) is 3.61. The fraction of sp³-hybridized carbons (Fsp3) is 0.318. The number of fused-ring (bicyclic) bond motifs is 2. The summed E-state index contributed by atoms with van der Waals surface area (Å²) in [6, 6.07) is 14.4. The summed E-state index contributed by atoms with van der Waals surface area (Å²) in [5.41, 5.74) is 4.50. The highest BCUT2D eigenvalue weighted by Crippen LogP contribution is 2.28. The quantitative estimate of drug-likeness (QED) is 0.771. The maximum absolute atomic E-state index is 12.9. The molecule has 0 spiro atoms. The van der Waals surface area contributed by atoms with Crippen LogP contribution in [0.25, 0.3) is 10.9 Å². The number of nitrogens with one attached hydrogen (secondary N) is 1. The third-order valence-electron chi connectivity index (χ3n) is 5.18. The van der Waals surface area contributed by atoms with Crippen LogP contribution in [0.3, 0.4) is 0 Å². The molecule has 0 unspecified atom stereocenters. The average Bonchev–Trinajstić information content (AvgIpc) is 2.96. The molecule has 0 aliphatic carbocycles. The second-order valence-electron chi connectivity index (χ2n) is 7.21. The lowest BCUT2D eigenvalue weighted by atomic mass is 10.1. The zero-order valence-corrected chi connectivity index (χ0v) is 15.9. The second kappa shape index (κ2) is 7.35. The number of amides is 1. The maximum atomic E-state index is 12.9. The largest absolute Gasteiger partial charge is 0.491 e. The Kier molecular flexibility index (Phi) is 4.75. The lowest BCUT2D eigenvalue weighted by molar-refractivity contribution is -0.131. The molecule has 0 saturated heterocycles. The average molecular weight is 363 g/mol. The van der Waals surface area contributed by atoms with Gasteiger partial charge in [-0.05, 0) is 36.2 Å². The summed E-state index contributed by atoms with van der Waals surface area (Å²) >= 11 is 0. The van der Waals surface area contributed by atoms with E-state index in [9.17, 15) is 4.79 Å². The molecular weight excluding hydrogens is 338 g/mol. The molecule has 1 amide bonds. The minimum Gasteiger partial charge on any atom is -0.491 e. The molecule has 27 heavy (non-hydrogen) atoms. The van der Waals surface area contributed by atoms with E-state index in [1.807, 2.05) is 49.5 Å². The number of hydrogen-bond acceptors (Lipinski definition) is 3. The zero-order chi connectivity index (χ0) is 18.8. The Hall–Kier alpha value is -2.95. The van der Waals surface area contributed by atoms with Crippen LogP contribution in [0, 0.1) is 0 Å². The molecule has 1 aromatic heterocycles. The first-order valence-corrected chi connectivity index (χ1v) is 9.37. The van der Waals surface area contributed by atoms with Crippen LogP contribution in [-0.4, -0.2) is 43.0 Å². The lowest BCUT2D eigenvalue weighted by Gasteiger charge is -2.20. The number of aromatic amines is 1. The number of benzene rings is 2. The van der Waals surface area contributed by atoms with E-state index >= 15 is 0 Å². The number of hydrogen-bond donors (Lipinski definition) is 1. The molecular formula is C22H25N3O2. The van der Waals surface area contributed by atoms with Crippen LogP contribution in [0.1, 0.15) is 17.5 Å². The molecule has 5 heteroatoms.